The molecule has 0 spiro atoms. The van der Waals surface area contributed by atoms with Gasteiger partial charge >= 0.3 is 0 Å². The molecule has 0 bridgehead atoms. The van der Waals surface area contributed by atoms with Gasteiger partial charge in [0.25, 0.3) is 5.91 Å². The molecule has 1 aromatic carbocycles. The molecule has 2 aliphatic rings. The number of amides is 1. The van der Waals surface area contributed by atoms with Crippen LogP contribution in [-0.2, 0) is 11.3 Å². The second-order valence-electron chi connectivity index (χ2n) is 9.17. The summed E-state index contributed by atoms with van der Waals surface area (Å²) in [6.07, 6.45) is 3.54. The van der Waals surface area contributed by atoms with Crippen LogP contribution in [0.25, 0.3) is 0 Å². The van der Waals surface area contributed by atoms with Gasteiger partial charge in [0.15, 0.2) is 6.54 Å². The number of hydrogen-bond donors (Lipinski definition) is 2. The van der Waals surface area contributed by atoms with Crippen LogP contribution in [0.1, 0.15) is 30.9 Å². The number of carbonyl (C=O) groups is 1. The number of anilines is 1. The Balaban J connectivity index is 1.18. The lowest BCUT2D eigenvalue weighted by atomic mass is 10.0. The molecule has 2 fully saturated rings. The third-order valence-electron chi connectivity index (χ3n) is 6.63. The maximum absolute atomic E-state index is 12.8. The van der Waals surface area contributed by atoms with E-state index in [-0.39, 0.29) is 5.91 Å². The summed E-state index contributed by atoms with van der Waals surface area (Å²) >= 11 is 0. The number of aromatic nitrogens is 2. The van der Waals surface area contributed by atoms with Crippen molar-refractivity contribution in [3.05, 3.63) is 53.9 Å². The van der Waals surface area contributed by atoms with Crippen LogP contribution in [0.3, 0.4) is 0 Å². The quantitative estimate of drug-likeness (QED) is 0.640. The summed E-state index contributed by atoms with van der Waals surface area (Å²) in [6, 6.07) is 10.9. The van der Waals surface area contributed by atoms with E-state index in [9.17, 15) is 4.79 Å². The smallest absolute Gasteiger partial charge is 0.277 e. The minimum absolute atomic E-state index is 0.288. The number of nitrogens with one attached hydrogen (secondary N) is 2. The van der Waals surface area contributed by atoms with E-state index in [2.05, 4.69) is 53.0 Å². The second kappa shape index (κ2) is 10.2. The third-order valence-corrected chi connectivity index (χ3v) is 6.63. The molecule has 2 saturated heterocycles. The monoisotopic (exact) mass is 424 g/mol. The van der Waals surface area contributed by atoms with Crippen LogP contribution in [0.5, 0.6) is 0 Å². The minimum atomic E-state index is 0.288. The summed E-state index contributed by atoms with van der Waals surface area (Å²) in [5.74, 6) is 1.63. The molecule has 0 aliphatic carbocycles. The van der Waals surface area contributed by atoms with E-state index in [0.717, 1.165) is 64.9 Å². The molecule has 1 amide bonds. The van der Waals surface area contributed by atoms with Gasteiger partial charge in [-0.3, -0.25) is 4.79 Å². The molecule has 7 nitrogen and oxygen atoms in total. The second-order valence-corrected chi connectivity index (χ2v) is 9.17. The maximum Gasteiger partial charge on any atom is 0.277 e. The predicted molar refractivity (Wildman–Crippen MR) is 121 cm³/mol. The summed E-state index contributed by atoms with van der Waals surface area (Å²) in [5.41, 5.74) is 2.82. The van der Waals surface area contributed by atoms with Gasteiger partial charge in [-0.15, -0.1) is 0 Å². The molecule has 7 heteroatoms. The number of carbonyl (C=O) groups excluding carboxylic acids is 1. The van der Waals surface area contributed by atoms with Crippen molar-refractivity contribution in [2.24, 2.45) is 0 Å². The van der Waals surface area contributed by atoms with Gasteiger partial charge < -0.3 is 19.6 Å². The Bertz CT molecular complexity index is 825. The van der Waals surface area contributed by atoms with Crippen LogP contribution in [-0.4, -0.2) is 79.7 Å². The van der Waals surface area contributed by atoms with Crippen molar-refractivity contribution in [3.63, 3.8) is 0 Å². The number of rotatable bonds is 6. The Morgan fingerprint density at radius 3 is 2.16 bits per heavy atom. The average Bonchev–Trinajstić information content (AvgIpc) is 2.81. The molecule has 31 heavy (non-hydrogen) atoms. The van der Waals surface area contributed by atoms with Crippen LogP contribution in [0.15, 0.2) is 42.7 Å². The van der Waals surface area contributed by atoms with Crippen molar-refractivity contribution in [2.45, 2.75) is 26.3 Å². The lowest BCUT2D eigenvalue weighted by Gasteiger charge is -2.36. The van der Waals surface area contributed by atoms with E-state index < -0.39 is 0 Å². The van der Waals surface area contributed by atoms with Crippen molar-refractivity contribution in [3.8, 4) is 0 Å². The fourth-order valence-corrected chi connectivity index (χ4v) is 4.56. The van der Waals surface area contributed by atoms with Gasteiger partial charge in [-0.2, -0.15) is 0 Å². The van der Waals surface area contributed by atoms with E-state index in [1.807, 2.05) is 11.0 Å². The molecular formula is C24H36N6O+2. The van der Waals surface area contributed by atoms with Gasteiger partial charge in [0.2, 0.25) is 5.95 Å². The van der Waals surface area contributed by atoms with Gasteiger partial charge in [0.1, 0.15) is 32.7 Å². The summed E-state index contributed by atoms with van der Waals surface area (Å²) in [7, 11) is 0. The molecule has 4 rings (SSSR count). The Kier molecular flexibility index (Phi) is 7.14. The highest BCUT2D eigenvalue weighted by Gasteiger charge is 2.29. The van der Waals surface area contributed by atoms with Gasteiger partial charge in [-0.05, 0) is 17.5 Å². The number of quaternary nitrogens is 2. The zero-order valence-corrected chi connectivity index (χ0v) is 18.9. The SMILES string of the molecule is CC(C)c1ccc(C[NH+]2CC[NH+](CC(=O)N3CCN(c4ncccn4)CC3)CC2)cc1. The number of piperazine rings is 2. The molecule has 0 atom stereocenters. The molecule has 0 unspecified atom stereocenters. The van der Waals surface area contributed by atoms with E-state index in [1.54, 1.807) is 17.3 Å². The highest BCUT2D eigenvalue weighted by molar-refractivity contribution is 5.77. The van der Waals surface area contributed by atoms with Crippen LogP contribution in [0, 0.1) is 0 Å². The Labute approximate surface area is 185 Å². The van der Waals surface area contributed by atoms with E-state index in [1.165, 1.54) is 16.0 Å². The first-order chi connectivity index (χ1) is 15.1. The Morgan fingerprint density at radius 2 is 1.55 bits per heavy atom. The first-order valence-corrected chi connectivity index (χ1v) is 11.6. The van der Waals surface area contributed by atoms with Crippen molar-refractivity contribution < 1.29 is 14.6 Å². The van der Waals surface area contributed by atoms with Crippen molar-refractivity contribution >= 4 is 11.9 Å². The van der Waals surface area contributed by atoms with Crippen LogP contribution >= 0.6 is 0 Å². The van der Waals surface area contributed by atoms with Crippen LogP contribution in [0.4, 0.5) is 5.95 Å². The summed E-state index contributed by atoms with van der Waals surface area (Å²) in [5, 5.41) is 0. The largest absolute Gasteiger partial charge is 0.337 e. The highest BCUT2D eigenvalue weighted by atomic mass is 16.2. The molecule has 1 aromatic heterocycles. The van der Waals surface area contributed by atoms with Gasteiger partial charge in [0, 0.05) is 44.1 Å². The predicted octanol–water partition coefficient (Wildman–Crippen LogP) is -0.768. The summed E-state index contributed by atoms with van der Waals surface area (Å²) in [4.78, 5) is 28.7. The fraction of sp³-hybridized carbons (Fsp3) is 0.542. The summed E-state index contributed by atoms with van der Waals surface area (Å²) in [6.45, 7) is 13.7. The first-order valence-electron chi connectivity index (χ1n) is 11.6. The van der Waals surface area contributed by atoms with E-state index >= 15 is 0 Å². The zero-order chi connectivity index (χ0) is 21.6. The molecule has 166 valence electrons. The van der Waals surface area contributed by atoms with Gasteiger partial charge in [0.05, 0.1) is 0 Å². The highest BCUT2D eigenvalue weighted by Crippen LogP contribution is 2.14. The molecule has 2 N–H and O–H groups in total. The maximum atomic E-state index is 12.8. The van der Waals surface area contributed by atoms with Gasteiger partial charge in [-0.1, -0.05) is 38.1 Å². The molecule has 0 saturated carbocycles. The third kappa shape index (κ3) is 5.80. The Hall–Kier alpha value is -2.51. The standard InChI is InChI=1S/C24H34N6O/c1-20(2)22-6-4-21(5-7-22)18-27-10-12-28(13-11-27)19-23(31)29-14-16-30(17-15-29)24-25-8-3-9-26-24/h3-9,20H,10-19H2,1-2H3/p+2. The number of nitrogens with zero attached hydrogens (tertiary/aromatic N) is 4. The lowest BCUT2D eigenvalue weighted by molar-refractivity contribution is -1.02. The van der Waals surface area contributed by atoms with Crippen molar-refractivity contribution in [1.29, 1.82) is 0 Å². The fourth-order valence-electron chi connectivity index (χ4n) is 4.56. The van der Waals surface area contributed by atoms with Crippen molar-refractivity contribution in [2.75, 3.05) is 63.8 Å². The number of hydrogen-bond acceptors (Lipinski definition) is 4. The normalized spacial score (nSPS) is 22.0. The molecule has 0 radical (unpaired) electrons. The van der Waals surface area contributed by atoms with Gasteiger partial charge in [-0.25, -0.2) is 9.97 Å². The van der Waals surface area contributed by atoms with Crippen molar-refractivity contribution in [1.82, 2.24) is 14.9 Å². The topological polar surface area (TPSA) is 58.2 Å². The Morgan fingerprint density at radius 1 is 0.935 bits per heavy atom. The molecule has 2 aliphatic heterocycles. The first kappa shape index (κ1) is 21.7. The zero-order valence-electron chi connectivity index (χ0n) is 18.9. The minimum Gasteiger partial charge on any atom is -0.337 e. The van der Waals surface area contributed by atoms with E-state index in [4.69, 9.17) is 0 Å². The lowest BCUT2D eigenvalue weighted by Crippen LogP contribution is -3.28. The molecule has 3 heterocycles. The average molecular weight is 425 g/mol. The van der Waals surface area contributed by atoms with Crippen LogP contribution < -0.4 is 14.7 Å². The van der Waals surface area contributed by atoms with E-state index in [0.29, 0.717) is 12.5 Å². The molecular weight excluding hydrogens is 388 g/mol. The number of benzene rings is 1. The summed E-state index contributed by atoms with van der Waals surface area (Å²) < 4.78 is 0. The molecule has 2 aromatic rings. The van der Waals surface area contributed by atoms with Crippen LogP contribution in [0.2, 0.25) is 0 Å².